The zero-order valence-electron chi connectivity index (χ0n) is 21.8. The lowest BCUT2D eigenvalue weighted by molar-refractivity contribution is -0.117. The van der Waals surface area contributed by atoms with Gasteiger partial charge in [0.25, 0.3) is 0 Å². The first-order valence-electron chi connectivity index (χ1n) is 13.3. The number of carbonyl (C=O) groups excluding carboxylic acids is 2. The van der Waals surface area contributed by atoms with E-state index in [-0.39, 0.29) is 17.5 Å². The molecule has 2 aliphatic carbocycles. The number of hydrogen-bond acceptors (Lipinski definition) is 6. The van der Waals surface area contributed by atoms with Crippen LogP contribution in [0.3, 0.4) is 0 Å². The number of Topliss-reactive ketones (excluding diaryl/α,β-unsaturated/α-hetero) is 2. The summed E-state index contributed by atoms with van der Waals surface area (Å²) in [6, 6.07) is 15.9. The van der Waals surface area contributed by atoms with Crippen molar-refractivity contribution in [2.45, 2.75) is 58.0 Å². The largest absolute Gasteiger partial charge is 0.490 e. The predicted molar refractivity (Wildman–Crippen MR) is 141 cm³/mol. The second kappa shape index (κ2) is 11.3. The molecule has 2 aromatic carbocycles. The predicted octanol–water partition coefficient (Wildman–Crippen LogP) is 5.72. The highest BCUT2D eigenvalue weighted by Gasteiger charge is 2.43. The Balaban J connectivity index is 1.57. The first kappa shape index (κ1) is 25.3. The average Bonchev–Trinajstić information content (AvgIpc) is 2.92. The van der Waals surface area contributed by atoms with Gasteiger partial charge in [-0.3, -0.25) is 9.59 Å². The summed E-state index contributed by atoms with van der Waals surface area (Å²) < 4.78 is 17.5. The molecule has 1 heterocycles. The first-order valence-corrected chi connectivity index (χ1v) is 13.3. The van der Waals surface area contributed by atoms with Gasteiger partial charge in [-0.15, -0.1) is 0 Å². The van der Waals surface area contributed by atoms with E-state index in [9.17, 15) is 9.59 Å². The molecule has 37 heavy (non-hydrogen) atoms. The summed E-state index contributed by atoms with van der Waals surface area (Å²) in [7, 11) is 1.69. The van der Waals surface area contributed by atoms with Crippen LogP contribution >= 0.6 is 0 Å². The van der Waals surface area contributed by atoms with Crippen molar-refractivity contribution in [3.63, 3.8) is 0 Å². The Morgan fingerprint density at radius 2 is 1.51 bits per heavy atom. The van der Waals surface area contributed by atoms with E-state index in [1.807, 2.05) is 55.5 Å². The number of allylic oxidation sites excluding steroid dienone is 4. The van der Waals surface area contributed by atoms with Gasteiger partial charge in [-0.1, -0.05) is 36.4 Å². The van der Waals surface area contributed by atoms with E-state index in [1.165, 1.54) is 0 Å². The minimum Gasteiger partial charge on any atom is -0.490 e. The number of nitrogens with zero attached hydrogens (tertiary/aromatic N) is 1. The minimum atomic E-state index is -0.369. The van der Waals surface area contributed by atoms with Crippen molar-refractivity contribution in [2.75, 3.05) is 26.9 Å². The molecule has 0 saturated carbocycles. The van der Waals surface area contributed by atoms with Gasteiger partial charge in [-0.25, -0.2) is 0 Å². The molecule has 5 rings (SSSR count). The molecule has 0 radical (unpaired) electrons. The standard InChI is InChI=1S/C31H35NO5/c1-3-36-28-19-22(15-16-27(28)37-20-21-9-5-4-6-10-21)29-30-23(11-7-13-25(30)33)32(17-18-35-2)24-12-8-14-26(34)31(24)29/h4-6,9-10,15-16,19,29H,3,7-8,11-14,17-18,20H2,1-2H3. The highest BCUT2D eigenvalue weighted by molar-refractivity contribution is 6.06. The van der Waals surface area contributed by atoms with Crippen LogP contribution in [0.25, 0.3) is 0 Å². The average molecular weight is 502 g/mol. The highest BCUT2D eigenvalue weighted by atomic mass is 16.5. The number of carbonyl (C=O) groups is 2. The third-order valence-electron chi connectivity index (χ3n) is 7.44. The lowest BCUT2D eigenvalue weighted by atomic mass is 9.71. The Hall–Kier alpha value is -3.38. The van der Waals surface area contributed by atoms with Gasteiger partial charge in [0.05, 0.1) is 13.2 Å². The van der Waals surface area contributed by atoms with Crippen LogP contribution in [0.2, 0.25) is 0 Å². The van der Waals surface area contributed by atoms with Crippen molar-refractivity contribution < 1.29 is 23.8 Å². The molecule has 2 aromatic rings. The quantitative estimate of drug-likeness (QED) is 0.438. The molecule has 3 aliphatic rings. The first-order chi connectivity index (χ1) is 18.1. The maximum atomic E-state index is 13.4. The van der Waals surface area contributed by atoms with Gasteiger partial charge >= 0.3 is 0 Å². The van der Waals surface area contributed by atoms with Crippen LogP contribution in [0.4, 0.5) is 0 Å². The molecular formula is C31H35NO5. The van der Waals surface area contributed by atoms with Crippen LogP contribution in [0.15, 0.2) is 71.1 Å². The topological polar surface area (TPSA) is 65.1 Å². The zero-order chi connectivity index (χ0) is 25.8. The maximum absolute atomic E-state index is 13.4. The molecule has 1 aliphatic heterocycles. The Bertz CT molecular complexity index is 1190. The summed E-state index contributed by atoms with van der Waals surface area (Å²) in [6.07, 6.45) is 4.37. The van der Waals surface area contributed by atoms with Crippen LogP contribution in [0.5, 0.6) is 11.5 Å². The highest BCUT2D eigenvalue weighted by Crippen LogP contribution is 2.50. The Kier molecular flexibility index (Phi) is 7.75. The second-order valence-electron chi connectivity index (χ2n) is 9.77. The maximum Gasteiger partial charge on any atom is 0.161 e. The molecule has 0 N–H and O–H groups in total. The van der Waals surface area contributed by atoms with Crippen molar-refractivity contribution in [1.29, 1.82) is 0 Å². The summed E-state index contributed by atoms with van der Waals surface area (Å²) in [5.74, 6) is 1.20. The Labute approximate surface area is 218 Å². The van der Waals surface area contributed by atoms with Crippen LogP contribution < -0.4 is 9.47 Å². The molecule has 0 aromatic heterocycles. The Morgan fingerprint density at radius 1 is 0.838 bits per heavy atom. The van der Waals surface area contributed by atoms with Crippen molar-refractivity contribution in [1.82, 2.24) is 4.90 Å². The van der Waals surface area contributed by atoms with Gasteiger partial charge in [0.2, 0.25) is 0 Å². The lowest BCUT2D eigenvalue weighted by Crippen LogP contribution is -2.40. The monoisotopic (exact) mass is 501 g/mol. The molecule has 0 saturated heterocycles. The lowest BCUT2D eigenvalue weighted by Gasteiger charge is -2.44. The van der Waals surface area contributed by atoms with E-state index in [1.54, 1.807) is 7.11 Å². The van der Waals surface area contributed by atoms with Gasteiger partial charge in [0, 0.05) is 55.0 Å². The van der Waals surface area contributed by atoms with Crippen LogP contribution in [0, 0.1) is 0 Å². The molecule has 6 nitrogen and oxygen atoms in total. The fraction of sp³-hybridized carbons (Fsp3) is 0.419. The number of benzene rings is 2. The SMILES string of the molecule is CCOc1cc(C2C3=C(CCCC3=O)N(CCOC)C3=C2C(=O)CCC3)ccc1OCc1ccccc1. The number of rotatable bonds is 9. The van der Waals surface area contributed by atoms with Crippen LogP contribution in [-0.2, 0) is 20.9 Å². The van der Waals surface area contributed by atoms with Crippen LogP contribution in [0.1, 0.15) is 62.5 Å². The molecule has 0 fully saturated rings. The van der Waals surface area contributed by atoms with Gasteiger partial charge < -0.3 is 19.1 Å². The minimum absolute atomic E-state index is 0.140. The number of ketones is 2. The van der Waals surface area contributed by atoms with Crippen molar-refractivity contribution >= 4 is 11.6 Å². The molecule has 6 heteroatoms. The normalized spacial score (nSPS) is 18.2. The summed E-state index contributed by atoms with van der Waals surface area (Å²) in [4.78, 5) is 29.1. The molecule has 0 spiro atoms. The van der Waals surface area contributed by atoms with Gasteiger partial charge in [0.15, 0.2) is 23.1 Å². The molecular weight excluding hydrogens is 466 g/mol. The molecule has 0 amide bonds. The van der Waals surface area contributed by atoms with Crippen molar-refractivity contribution in [2.24, 2.45) is 0 Å². The zero-order valence-corrected chi connectivity index (χ0v) is 21.8. The van der Waals surface area contributed by atoms with Gasteiger partial charge in [0.1, 0.15) is 6.61 Å². The van der Waals surface area contributed by atoms with Gasteiger partial charge in [-0.05, 0) is 55.9 Å². The smallest absolute Gasteiger partial charge is 0.161 e. The third-order valence-corrected chi connectivity index (χ3v) is 7.44. The summed E-state index contributed by atoms with van der Waals surface area (Å²) in [5.41, 5.74) is 5.66. The van der Waals surface area contributed by atoms with E-state index in [4.69, 9.17) is 14.2 Å². The van der Waals surface area contributed by atoms with E-state index >= 15 is 0 Å². The fourth-order valence-corrected chi connectivity index (χ4v) is 5.83. The molecule has 0 bridgehead atoms. The summed E-state index contributed by atoms with van der Waals surface area (Å²) in [6.45, 7) is 4.05. The van der Waals surface area contributed by atoms with E-state index in [0.717, 1.165) is 59.4 Å². The summed E-state index contributed by atoms with van der Waals surface area (Å²) >= 11 is 0. The van der Waals surface area contributed by atoms with E-state index in [0.29, 0.717) is 50.7 Å². The van der Waals surface area contributed by atoms with Crippen molar-refractivity contribution in [3.05, 3.63) is 82.2 Å². The summed E-state index contributed by atoms with van der Waals surface area (Å²) in [5, 5.41) is 0. The molecule has 194 valence electrons. The van der Waals surface area contributed by atoms with Crippen molar-refractivity contribution in [3.8, 4) is 11.5 Å². The fourth-order valence-electron chi connectivity index (χ4n) is 5.83. The number of ether oxygens (including phenoxy) is 3. The third kappa shape index (κ3) is 5.08. The van der Waals surface area contributed by atoms with E-state index < -0.39 is 0 Å². The van der Waals surface area contributed by atoms with E-state index in [2.05, 4.69) is 4.90 Å². The Morgan fingerprint density at radius 3 is 2.14 bits per heavy atom. The number of methoxy groups -OCH3 is 1. The molecule has 0 unspecified atom stereocenters. The molecule has 0 atom stereocenters. The second-order valence-corrected chi connectivity index (χ2v) is 9.77. The van der Waals surface area contributed by atoms with Gasteiger partial charge in [-0.2, -0.15) is 0 Å². The number of hydrogen-bond donors (Lipinski definition) is 0. The van der Waals surface area contributed by atoms with Crippen LogP contribution in [-0.4, -0.2) is 43.3 Å².